The molecule has 0 unspecified atom stereocenters. The van der Waals surface area contributed by atoms with Crippen molar-refractivity contribution in [2.45, 2.75) is 20.4 Å². The Kier molecular flexibility index (Phi) is 3.97. The van der Waals surface area contributed by atoms with E-state index >= 15 is 0 Å². The summed E-state index contributed by atoms with van der Waals surface area (Å²) in [5, 5.41) is 6.93. The summed E-state index contributed by atoms with van der Waals surface area (Å²) in [5.41, 5.74) is 0.712. The Morgan fingerprint density at radius 2 is 2.22 bits per heavy atom. The van der Waals surface area contributed by atoms with Crippen LogP contribution in [0.15, 0.2) is 22.7 Å². The number of aromatic amines is 1. The number of halogens is 2. The highest BCUT2D eigenvalue weighted by atomic mass is 79.9. The van der Waals surface area contributed by atoms with Crippen LogP contribution in [0.1, 0.15) is 13.8 Å². The third-order valence-corrected chi connectivity index (χ3v) is 3.44. The van der Waals surface area contributed by atoms with Gasteiger partial charge in [-0.1, -0.05) is 13.8 Å². The van der Waals surface area contributed by atoms with Gasteiger partial charge < -0.3 is 0 Å². The third kappa shape index (κ3) is 2.70. The first-order valence-electron chi connectivity index (χ1n) is 5.59. The molecule has 0 radical (unpaired) electrons. The molecule has 2 aromatic rings. The molecule has 0 aliphatic heterocycles. The van der Waals surface area contributed by atoms with Crippen molar-refractivity contribution in [1.29, 1.82) is 0 Å². The van der Waals surface area contributed by atoms with Crippen LogP contribution in [-0.2, 0) is 6.54 Å². The second kappa shape index (κ2) is 5.32. The van der Waals surface area contributed by atoms with E-state index in [0.717, 1.165) is 6.54 Å². The molecule has 0 fully saturated rings. The van der Waals surface area contributed by atoms with Crippen molar-refractivity contribution in [2.24, 2.45) is 5.92 Å². The molecular weight excluding hydrogens is 317 g/mol. The molecule has 0 aliphatic rings. The van der Waals surface area contributed by atoms with E-state index in [1.165, 1.54) is 6.07 Å². The molecule has 18 heavy (non-hydrogen) atoms. The van der Waals surface area contributed by atoms with Gasteiger partial charge in [0.15, 0.2) is 10.6 Å². The van der Waals surface area contributed by atoms with Crippen molar-refractivity contribution < 1.29 is 4.39 Å². The summed E-state index contributed by atoms with van der Waals surface area (Å²) in [6.07, 6.45) is 0. The zero-order valence-corrected chi connectivity index (χ0v) is 12.5. The van der Waals surface area contributed by atoms with E-state index in [0.29, 0.717) is 26.5 Å². The molecule has 0 amide bonds. The lowest BCUT2D eigenvalue weighted by molar-refractivity contribution is 0.521. The first-order chi connectivity index (χ1) is 8.49. The fourth-order valence-corrected chi connectivity index (χ4v) is 2.16. The number of hydrogen-bond donors (Lipinski definition) is 1. The fourth-order valence-electron chi connectivity index (χ4n) is 1.71. The average Bonchev–Trinajstić information content (AvgIpc) is 2.64. The van der Waals surface area contributed by atoms with Crippen molar-refractivity contribution in [1.82, 2.24) is 14.8 Å². The molecule has 96 valence electrons. The number of hydrogen-bond acceptors (Lipinski definition) is 2. The number of aromatic nitrogens is 3. The molecule has 1 aromatic heterocycles. The number of benzene rings is 1. The Balaban J connectivity index is 2.50. The van der Waals surface area contributed by atoms with Crippen LogP contribution in [0.5, 0.6) is 0 Å². The molecule has 1 aromatic carbocycles. The van der Waals surface area contributed by atoms with Gasteiger partial charge in [-0.3, -0.25) is 9.67 Å². The molecule has 0 saturated carbocycles. The van der Waals surface area contributed by atoms with Gasteiger partial charge in [0, 0.05) is 12.1 Å². The highest BCUT2D eigenvalue weighted by Gasteiger charge is 2.11. The zero-order valence-electron chi connectivity index (χ0n) is 10.1. The highest BCUT2D eigenvalue weighted by molar-refractivity contribution is 9.10. The Hall–Kier alpha value is -1.01. The van der Waals surface area contributed by atoms with Crippen LogP contribution in [0.3, 0.4) is 0 Å². The molecule has 0 bridgehead atoms. The van der Waals surface area contributed by atoms with Gasteiger partial charge in [-0.2, -0.15) is 5.10 Å². The first-order valence-corrected chi connectivity index (χ1v) is 6.79. The smallest absolute Gasteiger partial charge is 0.195 e. The topological polar surface area (TPSA) is 33.6 Å². The predicted octanol–water partition coefficient (Wildman–Crippen LogP) is 4.17. The van der Waals surface area contributed by atoms with Crippen LogP contribution in [0.25, 0.3) is 11.4 Å². The van der Waals surface area contributed by atoms with Crippen LogP contribution < -0.4 is 0 Å². The van der Waals surface area contributed by atoms with E-state index in [1.54, 1.807) is 6.07 Å². The number of rotatable bonds is 3. The summed E-state index contributed by atoms with van der Waals surface area (Å²) >= 11 is 8.33. The van der Waals surface area contributed by atoms with Gasteiger partial charge in [-0.25, -0.2) is 4.39 Å². The van der Waals surface area contributed by atoms with Gasteiger partial charge in [0.05, 0.1) is 4.47 Å². The highest BCUT2D eigenvalue weighted by Crippen LogP contribution is 2.23. The number of H-pyrrole nitrogens is 1. The lowest BCUT2D eigenvalue weighted by Crippen LogP contribution is -2.06. The van der Waals surface area contributed by atoms with Crippen LogP contribution >= 0.6 is 28.1 Å². The molecule has 1 N–H and O–H groups in total. The molecule has 0 aliphatic carbocycles. The maximum atomic E-state index is 13.5. The van der Waals surface area contributed by atoms with E-state index in [9.17, 15) is 4.39 Å². The van der Waals surface area contributed by atoms with Crippen molar-refractivity contribution >= 4 is 28.1 Å². The zero-order chi connectivity index (χ0) is 13.3. The summed E-state index contributed by atoms with van der Waals surface area (Å²) in [6, 6.07) is 4.93. The maximum absolute atomic E-state index is 13.5. The summed E-state index contributed by atoms with van der Waals surface area (Å²) in [5.74, 6) is 0.797. The molecule has 0 atom stereocenters. The molecule has 0 spiro atoms. The summed E-state index contributed by atoms with van der Waals surface area (Å²) in [7, 11) is 0. The van der Waals surface area contributed by atoms with Gasteiger partial charge in [-0.05, 0) is 52.3 Å². The van der Waals surface area contributed by atoms with Gasteiger partial charge in [0.2, 0.25) is 0 Å². The minimum Gasteiger partial charge on any atom is -0.300 e. The molecule has 2 rings (SSSR count). The Morgan fingerprint density at radius 3 is 2.83 bits per heavy atom. The summed E-state index contributed by atoms with van der Waals surface area (Å²) < 4.78 is 16.4. The Morgan fingerprint density at radius 1 is 1.50 bits per heavy atom. The summed E-state index contributed by atoms with van der Waals surface area (Å²) in [6.45, 7) is 4.95. The molecule has 1 heterocycles. The SMILES string of the molecule is CC(C)Cn1c(-c2ccc(Br)c(F)c2)n[nH]c1=S. The lowest BCUT2D eigenvalue weighted by atomic mass is 10.2. The van der Waals surface area contributed by atoms with E-state index in [2.05, 4.69) is 40.0 Å². The van der Waals surface area contributed by atoms with Crippen molar-refractivity contribution in [3.63, 3.8) is 0 Å². The minimum atomic E-state index is -0.308. The van der Waals surface area contributed by atoms with E-state index < -0.39 is 0 Å². The van der Waals surface area contributed by atoms with Crippen LogP contribution in [-0.4, -0.2) is 14.8 Å². The quantitative estimate of drug-likeness (QED) is 0.857. The molecular formula is C12H13BrFN3S. The number of nitrogens with zero attached hydrogens (tertiary/aromatic N) is 2. The standard InChI is InChI=1S/C12H13BrFN3S/c1-7(2)6-17-11(15-16-12(17)18)8-3-4-9(13)10(14)5-8/h3-5,7H,6H2,1-2H3,(H,16,18). The van der Waals surface area contributed by atoms with Gasteiger partial charge in [0.1, 0.15) is 5.82 Å². The molecule has 3 nitrogen and oxygen atoms in total. The average molecular weight is 330 g/mol. The third-order valence-electron chi connectivity index (χ3n) is 2.48. The Labute approximate surface area is 118 Å². The monoisotopic (exact) mass is 329 g/mol. The van der Waals surface area contributed by atoms with E-state index in [4.69, 9.17) is 12.2 Å². The van der Waals surface area contributed by atoms with E-state index in [1.807, 2.05) is 10.6 Å². The number of nitrogens with one attached hydrogen (secondary N) is 1. The van der Waals surface area contributed by atoms with E-state index in [-0.39, 0.29) is 5.82 Å². The molecule has 6 heteroatoms. The lowest BCUT2D eigenvalue weighted by Gasteiger charge is -2.09. The van der Waals surface area contributed by atoms with Crippen LogP contribution in [0.4, 0.5) is 4.39 Å². The normalized spacial score (nSPS) is 11.2. The maximum Gasteiger partial charge on any atom is 0.195 e. The minimum absolute atomic E-state index is 0.308. The molecule has 0 saturated heterocycles. The largest absolute Gasteiger partial charge is 0.300 e. The first kappa shape index (κ1) is 13.4. The van der Waals surface area contributed by atoms with Crippen molar-refractivity contribution in [3.8, 4) is 11.4 Å². The Bertz CT molecular complexity index is 618. The predicted molar refractivity (Wildman–Crippen MR) is 75.3 cm³/mol. The second-order valence-corrected chi connectivity index (χ2v) is 5.73. The van der Waals surface area contributed by atoms with Crippen molar-refractivity contribution in [3.05, 3.63) is 33.3 Å². The fraction of sp³-hybridized carbons (Fsp3) is 0.333. The second-order valence-electron chi connectivity index (χ2n) is 4.49. The summed E-state index contributed by atoms with van der Waals surface area (Å²) in [4.78, 5) is 0. The van der Waals surface area contributed by atoms with Gasteiger partial charge in [0.25, 0.3) is 0 Å². The van der Waals surface area contributed by atoms with Gasteiger partial charge in [-0.15, -0.1) is 0 Å². The van der Waals surface area contributed by atoms with Crippen molar-refractivity contribution in [2.75, 3.05) is 0 Å². The van der Waals surface area contributed by atoms with Crippen LogP contribution in [0, 0.1) is 16.5 Å². The van der Waals surface area contributed by atoms with Crippen LogP contribution in [0.2, 0.25) is 0 Å². The van der Waals surface area contributed by atoms with Gasteiger partial charge >= 0.3 is 0 Å².